The predicted molar refractivity (Wildman–Crippen MR) is 103 cm³/mol. The molecular weight excluding hydrogens is 380 g/mol. The van der Waals surface area contributed by atoms with Crippen molar-refractivity contribution in [3.63, 3.8) is 0 Å². The van der Waals surface area contributed by atoms with E-state index in [4.69, 9.17) is 0 Å². The SMILES string of the molecule is O=CNc1cc(C2=CCN(C(=O)c3ccnc(F)c3F)CCC2)c2cc[nH]c2n1. The largest absolute Gasteiger partial charge is 0.346 e. The topological polar surface area (TPSA) is 91.0 Å². The highest BCUT2D eigenvalue weighted by Crippen LogP contribution is 2.30. The first-order valence-electron chi connectivity index (χ1n) is 9.05. The molecule has 0 spiro atoms. The van der Waals surface area contributed by atoms with E-state index >= 15 is 0 Å². The molecule has 0 fully saturated rings. The lowest BCUT2D eigenvalue weighted by Gasteiger charge is -2.19. The fraction of sp³-hybridized carbons (Fsp3) is 0.200. The lowest BCUT2D eigenvalue weighted by molar-refractivity contribution is -0.105. The Labute approximate surface area is 164 Å². The molecule has 1 aliphatic rings. The zero-order valence-electron chi connectivity index (χ0n) is 15.3. The van der Waals surface area contributed by atoms with Gasteiger partial charge in [-0.1, -0.05) is 6.08 Å². The van der Waals surface area contributed by atoms with Gasteiger partial charge < -0.3 is 15.2 Å². The molecule has 3 aromatic heterocycles. The van der Waals surface area contributed by atoms with Crippen LogP contribution in [0.25, 0.3) is 16.6 Å². The first-order chi connectivity index (χ1) is 14.1. The quantitative estimate of drug-likeness (QED) is 0.523. The Hall–Kier alpha value is -3.62. The molecule has 0 unspecified atom stereocenters. The molecule has 2 amide bonds. The number of hydrogen-bond acceptors (Lipinski definition) is 4. The molecule has 148 valence electrons. The van der Waals surface area contributed by atoms with Crippen LogP contribution in [0.1, 0.15) is 28.8 Å². The maximum Gasteiger partial charge on any atom is 0.257 e. The number of nitrogens with one attached hydrogen (secondary N) is 2. The summed E-state index contributed by atoms with van der Waals surface area (Å²) in [5.74, 6) is -2.69. The van der Waals surface area contributed by atoms with Gasteiger partial charge in [0.15, 0.2) is 5.82 Å². The third kappa shape index (κ3) is 3.58. The standard InChI is InChI=1S/C20H17F2N5O2/c21-17-14(4-6-23-18(17)22)20(29)27-8-1-2-12(5-9-27)15-10-16(25-11-28)26-19-13(15)3-7-24-19/h3-7,10-11H,1-2,8-9H2,(H2,24,25,26,28). The highest BCUT2D eigenvalue weighted by atomic mass is 19.2. The van der Waals surface area contributed by atoms with E-state index in [1.807, 2.05) is 12.1 Å². The van der Waals surface area contributed by atoms with Crippen LogP contribution >= 0.6 is 0 Å². The van der Waals surface area contributed by atoms with Gasteiger partial charge in [-0.25, -0.2) is 14.4 Å². The van der Waals surface area contributed by atoms with Gasteiger partial charge >= 0.3 is 0 Å². The second kappa shape index (κ2) is 7.78. The van der Waals surface area contributed by atoms with Crippen molar-refractivity contribution < 1.29 is 18.4 Å². The lowest BCUT2D eigenvalue weighted by Crippen LogP contribution is -2.32. The van der Waals surface area contributed by atoms with Crippen molar-refractivity contribution >= 4 is 34.7 Å². The summed E-state index contributed by atoms with van der Waals surface area (Å²) < 4.78 is 27.3. The second-order valence-corrected chi connectivity index (χ2v) is 6.60. The predicted octanol–water partition coefficient (Wildman–Crippen LogP) is 3.12. The fourth-order valence-electron chi connectivity index (χ4n) is 3.49. The summed E-state index contributed by atoms with van der Waals surface area (Å²) in [4.78, 5) is 35.6. The zero-order chi connectivity index (χ0) is 20.4. The molecule has 0 saturated carbocycles. The monoisotopic (exact) mass is 397 g/mol. The molecule has 2 N–H and O–H groups in total. The van der Waals surface area contributed by atoms with Gasteiger partial charge in [-0.05, 0) is 42.2 Å². The van der Waals surface area contributed by atoms with Gasteiger partial charge in [0.1, 0.15) is 11.5 Å². The first kappa shape index (κ1) is 18.7. The van der Waals surface area contributed by atoms with Gasteiger partial charge in [-0.2, -0.15) is 4.39 Å². The van der Waals surface area contributed by atoms with E-state index in [1.54, 1.807) is 12.3 Å². The second-order valence-electron chi connectivity index (χ2n) is 6.60. The number of allylic oxidation sites excluding steroid dienone is 1. The van der Waals surface area contributed by atoms with E-state index < -0.39 is 17.7 Å². The van der Waals surface area contributed by atoms with E-state index in [0.29, 0.717) is 37.3 Å². The molecule has 4 rings (SSSR count). The Morgan fingerprint density at radius 1 is 1.31 bits per heavy atom. The Morgan fingerprint density at radius 3 is 3.00 bits per heavy atom. The molecule has 0 radical (unpaired) electrons. The normalized spacial score (nSPS) is 14.4. The molecule has 0 atom stereocenters. The summed E-state index contributed by atoms with van der Waals surface area (Å²) in [6.07, 6.45) is 6.63. The lowest BCUT2D eigenvalue weighted by atomic mass is 9.99. The number of hydrogen-bond donors (Lipinski definition) is 2. The number of halogens is 2. The minimum atomic E-state index is -1.29. The van der Waals surface area contributed by atoms with Crippen molar-refractivity contribution in [3.8, 4) is 0 Å². The molecule has 9 heteroatoms. The summed E-state index contributed by atoms with van der Waals surface area (Å²) in [6, 6.07) is 4.86. The number of fused-ring (bicyclic) bond motifs is 1. The number of carbonyl (C=O) groups is 2. The van der Waals surface area contributed by atoms with Crippen LogP contribution in [0.2, 0.25) is 0 Å². The molecule has 4 heterocycles. The number of aromatic nitrogens is 3. The number of H-pyrrole nitrogens is 1. The minimum Gasteiger partial charge on any atom is -0.346 e. The van der Waals surface area contributed by atoms with Crippen LogP contribution in [-0.2, 0) is 4.79 Å². The van der Waals surface area contributed by atoms with E-state index in [0.717, 1.165) is 22.7 Å². The maximum atomic E-state index is 14.0. The van der Waals surface area contributed by atoms with Gasteiger partial charge in [-0.15, -0.1) is 0 Å². The summed E-state index contributed by atoms with van der Waals surface area (Å²) in [5, 5.41) is 3.46. The van der Waals surface area contributed by atoms with Crippen LogP contribution in [0.5, 0.6) is 0 Å². The van der Waals surface area contributed by atoms with E-state index in [2.05, 4.69) is 20.3 Å². The molecule has 0 saturated heterocycles. The number of carbonyl (C=O) groups excluding carboxylic acids is 2. The summed E-state index contributed by atoms with van der Waals surface area (Å²) >= 11 is 0. The number of rotatable bonds is 4. The van der Waals surface area contributed by atoms with Crippen LogP contribution in [0, 0.1) is 11.8 Å². The first-order valence-corrected chi connectivity index (χ1v) is 9.05. The average Bonchev–Trinajstić information content (AvgIpc) is 3.05. The van der Waals surface area contributed by atoms with Crippen LogP contribution in [-0.4, -0.2) is 45.3 Å². The Bertz CT molecular complexity index is 1130. The van der Waals surface area contributed by atoms with Crippen LogP contribution in [0.3, 0.4) is 0 Å². The van der Waals surface area contributed by atoms with Crippen LogP contribution < -0.4 is 5.32 Å². The molecule has 0 aromatic carbocycles. The Balaban J connectivity index is 1.65. The molecule has 7 nitrogen and oxygen atoms in total. The zero-order valence-corrected chi connectivity index (χ0v) is 15.3. The summed E-state index contributed by atoms with van der Waals surface area (Å²) in [5.41, 5.74) is 2.20. The van der Waals surface area contributed by atoms with Gasteiger partial charge in [0, 0.05) is 30.9 Å². The average molecular weight is 397 g/mol. The van der Waals surface area contributed by atoms with Gasteiger partial charge in [-0.3, -0.25) is 9.59 Å². The number of nitrogens with zero attached hydrogens (tertiary/aromatic N) is 3. The molecule has 1 aliphatic heterocycles. The van der Waals surface area contributed by atoms with Gasteiger partial charge in [0.2, 0.25) is 12.4 Å². The third-order valence-electron chi connectivity index (χ3n) is 4.88. The van der Waals surface area contributed by atoms with Crippen molar-refractivity contribution in [1.29, 1.82) is 0 Å². The van der Waals surface area contributed by atoms with Crippen molar-refractivity contribution in [2.24, 2.45) is 0 Å². The molecule has 0 aliphatic carbocycles. The van der Waals surface area contributed by atoms with Crippen molar-refractivity contribution in [3.05, 3.63) is 59.6 Å². The molecule has 29 heavy (non-hydrogen) atoms. The molecule has 0 bridgehead atoms. The van der Waals surface area contributed by atoms with Crippen molar-refractivity contribution in [2.45, 2.75) is 12.8 Å². The number of anilines is 1. The number of pyridine rings is 2. The molecular formula is C20H17F2N5O2. The Morgan fingerprint density at radius 2 is 2.17 bits per heavy atom. The van der Waals surface area contributed by atoms with Crippen LogP contribution in [0.4, 0.5) is 14.6 Å². The van der Waals surface area contributed by atoms with Crippen molar-refractivity contribution in [1.82, 2.24) is 19.9 Å². The maximum absolute atomic E-state index is 14.0. The van der Waals surface area contributed by atoms with Crippen molar-refractivity contribution in [2.75, 3.05) is 18.4 Å². The minimum absolute atomic E-state index is 0.252. The van der Waals surface area contributed by atoms with Gasteiger partial charge in [0.05, 0.1) is 5.56 Å². The number of amides is 2. The third-order valence-corrected chi connectivity index (χ3v) is 4.88. The highest BCUT2D eigenvalue weighted by molar-refractivity contribution is 5.95. The fourth-order valence-corrected chi connectivity index (χ4v) is 3.49. The van der Waals surface area contributed by atoms with Crippen LogP contribution in [0.15, 0.2) is 36.7 Å². The molecule has 3 aromatic rings. The van der Waals surface area contributed by atoms with Gasteiger partial charge in [0.25, 0.3) is 5.91 Å². The van der Waals surface area contributed by atoms with E-state index in [1.165, 1.54) is 11.0 Å². The summed E-state index contributed by atoms with van der Waals surface area (Å²) in [7, 11) is 0. The van der Waals surface area contributed by atoms with E-state index in [9.17, 15) is 18.4 Å². The number of aromatic amines is 1. The smallest absolute Gasteiger partial charge is 0.257 e. The summed E-state index contributed by atoms with van der Waals surface area (Å²) in [6.45, 7) is 0.658. The highest BCUT2D eigenvalue weighted by Gasteiger charge is 2.23. The van der Waals surface area contributed by atoms with E-state index in [-0.39, 0.29) is 12.1 Å². The Kier molecular flexibility index (Phi) is 5.03.